The van der Waals surface area contributed by atoms with Crippen LogP contribution in [-0.4, -0.2) is 11.2 Å². The van der Waals surface area contributed by atoms with E-state index in [4.69, 9.17) is 0 Å². The first-order valence-corrected chi connectivity index (χ1v) is 6.73. The highest BCUT2D eigenvalue weighted by atomic mass is 79.9. The number of hydrogen-bond acceptors (Lipinski definition) is 1. The van der Waals surface area contributed by atoms with E-state index in [1.807, 2.05) is 0 Å². The van der Waals surface area contributed by atoms with Gasteiger partial charge in [-0.05, 0) is 49.3 Å². The molecular formula is C14H16BrFO. The maximum Gasteiger partial charge on any atom is 0.124 e. The molecule has 2 atom stereocenters. The lowest BCUT2D eigenvalue weighted by Gasteiger charge is -2.24. The van der Waals surface area contributed by atoms with Crippen LogP contribution in [0.5, 0.6) is 0 Å². The van der Waals surface area contributed by atoms with Gasteiger partial charge in [-0.15, -0.1) is 0 Å². The largest absolute Gasteiger partial charge is 0.392 e. The summed E-state index contributed by atoms with van der Waals surface area (Å²) in [4.78, 5) is 0. The van der Waals surface area contributed by atoms with E-state index in [-0.39, 0.29) is 11.9 Å². The van der Waals surface area contributed by atoms with Crippen LogP contribution < -0.4 is 0 Å². The van der Waals surface area contributed by atoms with Gasteiger partial charge in [-0.25, -0.2) is 4.39 Å². The summed E-state index contributed by atoms with van der Waals surface area (Å²) >= 11 is 3.33. The topological polar surface area (TPSA) is 20.2 Å². The number of allylic oxidation sites excluding steroid dienone is 2. The molecule has 1 aliphatic rings. The van der Waals surface area contributed by atoms with Crippen LogP contribution in [0.4, 0.5) is 4.39 Å². The van der Waals surface area contributed by atoms with Gasteiger partial charge in [0.15, 0.2) is 0 Å². The Kier molecular flexibility index (Phi) is 4.35. The van der Waals surface area contributed by atoms with E-state index in [1.54, 1.807) is 6.07 Å². The fourth-order valence-electron chi connectivity index (χ4n) is 2.25. The highest BCUT2D eigenvalue weighted by Crippen LogP contribution is 2.26. The summed E-state index contributed by atoms with van der Waals surface area (Å²) in [5.41, 5.74) is 0.966. The average molecular weight is 299 g/mol. The number of halogens is 2. The van der Waals surface area contributed by atoms with Crippen molar-refractivity contribution in [2.45, 2.75) is 31.8 Å². The zero-order valence-electron chi connectivity index (χ0n) is 9.57. The zero-order chi connectivity index (χ0) is 12.3. The smallest absolute Gasteiger partial charge is 0.124 e. The van der Waals surface area contributed by atoms with Crippen LogP contribution >= 0.6 is 15.9 Å². The maximum absolute atomic E-state index is 12.9. The lowest BCUT2D eigenvalue weighted by Crippen LogP contribution is -2.23. The molecule has 1 N–H and O–H groups in total. The van der Waals surface area contributed by atoms with Crippen LogP contribution in [0.25, 0.3) is 0 Å². The van der Waals surface area contributed by atoms with E-state index in [0.717, 1.165) is 29.3 Å². The molecule has 0 radical (unpaired) electrons. The standard InChI is InChI=1S/C14H16BrFO/c15-13-9-12(16)7-6-11(13)8-14(17)10-4-2-1-3-5-10/h1-2,6-7,9-10,14,17H,3-5,8H2. The molecule has 1 nitrogen and oxygen atoms in total. The molecular weight excluding hydrogens is 283 g/mol. The highest BCUT2D eigenvalue weighted by Gasteiger charge is 2.20. The molecule has 3 heteroatoms. The minimum absolute atomic E-state index is 0.254. The van der Waals surface area contributed by atoms with Crippen LogP contribution in [0.1, 0.15) is 24.8 Å². The fourth-order valence-corrected chi connectivity index (χ4v) is 2.76. The van der Waals surface area contributed by atoms with Crippen molar-refractivity contribution in [3.8, 4) is 0 Å². The normalized spacial score (nSPS) is 21.5. The lowest BCUT2D eigenvalue weighted by molar-refractivity contribution is 0.102. The van der Waals surface area contributed by atoms with Gasteiger partial charge in [0.25, 0.3) is 0 Å². The van der Waals surface area contributed by atoms with Crippen molar-refractivity contribution in [1.29, 1.82) is 0 Å². The Morgan fingerprint density at radius 1 is 1.41 bits per heavy atom. The maximum atomic E-state index is 12.9. The van der Waals surface area contributed by atoms with Gasteiger partial charge in [-0.2, -0.15) is 0 Å². The highest BCUT2D eigenvalue weighted by molar-refractivity contribution is 9.10. The summed E-state index contributed by atoms with van der Waals surface area (Å²) in [6.07, 6.45) is 7.57. The number of hydrogen-bond donors (Lipinski definition) is 1. The molecule has 0 aliphatic heterocycles. The Hall–Kier alpha value is -0.670. The Morgan fingerprint density at radius 2 is 2.24 bits per heavy atom. The Labute approximate surface area is 109 Å². The van der Waals surface area contributed by atoms with Gasteiger partial charge in [0.05, 0.1) is 6.10 Å². The van der Waals surface area contributed by atoms with Crippen LogP contribution in [0.3, 0.4) is 0 Å². The minimum atomic E-state index is -0.346. The number of benzene rings is 1. The quantitative estimate of drug-likeness (QED) is 0.841. The lowest BCUT2D eigenvalue weighted by atomic mass is 9.86. The predicted molar refractivity (Wildman–Crippen MR) is 70.3 cm³/mol. The van der Waals surface area contributed by atoms with Crippen LogP contribution in [0.2, 0.25) is 0 Å². The molecule has 17 heavy (non-hydrogen) atoms. The van der Waals surface area contributed by atoms with E-state index in [0.29, 0.717) is 12.3 Å². The molecule has 2 unspecified atom stereocenters. The molecule has 1 aliphatic carbocycles. The van der Waals surface area contributed by atoms with Gasteiger partial charge >= 0.3 is 0 Å². The Morgan fingerprint density at radius 3 is 2.88 bits per heavy atom. The molecule has 0 fully saturated rings. The summed E-state index contributed by atoms with van der Waals surface area (Å²) < 4.78 is 13.7. The fraction of sp³-hybridized carbons (Fsp3) is 0.429. The van der Waals surface area contributed by atoms with E-state index in [9.17, 15) is 9.50 Å². The first-order chi connectivity index (χ1) is 8.16. The summed E-state index contributed by atoms with van der Waals surface area (Å²) in [6, 6.07) is 4.62. The SMILES string of the molecule is OC(Cc1ccc(F)cc1Br)C1CC=CCC1. The van der Waals surface area contributed by atoms with Crippen molar-refractivity contribution >= 4 is 15.9 Å². The first kappa shape index (κ1) is 12.8. The third-order valence-corrected chi connectivity index (χ3v) is 4.04. The van der Waals surface area contributed by atoms with Crippen molar-refractivity contribution in [2.24, 2.45) is 5.92 Å². The molecule has 1 aromatic rings. The van der Waals surface area contributed by atoms with Gasteiger partial charge in [-0.3, -0.25) is 0 Å². The molecule has 2 rings (SSSR count). The molecule has 0 saturated heterocycles. The second-order valence-corrected chi connectivity index (χ2v) is 5.41. The van der Waals surface area contributed by atoms with Crippen molar-refractivity contribution in [2.75, 3.05) is 0 Å². The van der Waals surface area contributed by atoms with Crippen LogP contribution in [0, 0.1) is 11.7 Å². The second-order valence-electron chi connectivity index (χ2n) is 4.55. The molecule has 0 saturated carbocycles. The molecule has 1 aromatic carbocycles. The van der Waals surface area contributed by atoms with Crippen molar-refractivity contribution < 1.29 is 9.50 Å². The predicted octanol–water partition coefficient (Wildman–Crippen LogP) is 3.85. The number of aliphatic hydroxyl groups excluding tert-OH is 1. The third kappa shape index (κ3) is 3.39. The van der Waals surface area contributed by atoms with E-state index in [2.05, 4.69) is 28.1 Å². The van der Waals surface area contributed by atoms with E-state index in [1.165, 1.54) is 12.1 Å². The van der Waals surface area contributed by atoms with Crippen molar-refractivity contribution in [3.05, 3.63) is 46.2 Å². The van der Waals surface area contributed by atoms with Gasteiger partial charge in [0, 0.05) is 4.47 Å². The Bertz CT molecular complexity index is 417. The molecule has 0 amide bonds. The molecule has 92 valence electrons. The van der Waals surface area contributed by atoms with Gasteiger partial charge in [0.2, 0.25) is 0 Å². The average Bonchev–Trinajstić information content (AvgIpc) is 2.34. The third-order valence-electron chi connectivity index (χ3n) is 3.30. The molecule has 0 heterocycles. The molecule has 0 bridgehead atoms. The van der Waals surface area contributed by atoms with Crippen LogP contribution in [-0.2, 0) is 6.42 Å². The monoisotopic (exact) mass is 298 g/mol. The van der Waals surface area contributed by atoms with Crippen molar-refractivity contribution in [3.63, 3.8) is 0 Å². The Balaban J connectivity index is 2.02. The van der Waals surface area contributed by atoms with Gasteiger partial charge in [-0.1, -0.05) is 34.1 Å². The molecule has 0 aromatic heterocycles. The van der Waals surface area contributed by atoms with Crippen LogP contribution in [0.15, 0.2) is 34.8 Å². The first-order valence-electron chi connectivity index (χ1n) is 5.94. The summed E-state index contributed by atoms with van der Waals surface area (Å²) in [5.74, 6) is 0.0765. The van der Waals surface area contributed by atoms with E-state index >= 15 is 0 Å². The number of rotatable bonds is 3. The summed E-state index contributed by atoms with van der Waals surface area (Å²) in [5, 5.41) is 10.2. The van der Waals surface area contributed by atoms with Gasteiger partial charge < -0.3 is 5.11 Å². The second kappa shape index (κ2) is 5.78. The zero-order valence-corrected chi connectivity index (χ0v) is 11.2. The van der Waals surface area contributed by atoms with Crippen molar-refractivity contribution in [1.82, 2.24) is 0 Å². The minimum Gasteiger partial charge on any atom is -0.392 e. The molecule has 0 spiro atoms. The summed E-state index contributed by atoms with van der Waals surface area (Å²) in [6.45, 7) is 0. The number of aliphatic hydroxyl groups is 1. The summed E-state index contributed by atoms with van der Waals surface area (Å²) in [7, 11) is 0. The van der Waals surface area contributed by atoms with E-state index < -0.39 is 0 Å². The van der Waals surface area contributed by atoms with Gasteiger partial charge in [0.1, 0.15) is 5.82 Å².